The summed E-state index contributed by atoms with van der Waals surface area (Å²) in [6, 6.07) is 0. The molecule has 0 aromatic carbocycles. The van der Waals surface area contributed by atoms with E-state index >= 15 is 0 Å². The maximum atomic E-state index is 12.4. The summed E-state index contributed by atoms with van der Waals surface area (Å²) in [5.74, 6) is 0. The first-order chi connectivity index (χ1) is 10.1. The first-order valence-corrected chi connectivity index (χ1v) is 6.20. The Morgan fingerprint density at radius 1 is 0.625 bits per heavy atom. The number of rotatable bonds is 6. The smallest absolute Gasteiger partial charge is 0.277 e. The molecule has 0 unspecified atom stereocenters. The number of halogens is 13. The third kappa shape index (κ3) is 6.60. The van der Waals surface area contributed by atoms with Crippen LogP contribution in [0.4, 0.5) is 57.1 Å². The lowest BCUT2D eigenvalue weighted by Gasteiger charge is -2.28. The van der Waals surface area contributed by atoms with Crippen LogP contribution in [0.2, 0.25) is 0 Å². The van der Waals surface area contributed by atoms with E-state index in [1.54, 1.807) is 0 Å². The van der Waals surface area contributed by atoms with E-state index < -0.39 is 45.2 Å². The molecule has 0 spiro atoms. The zero-order chi connectivity index (χ0) is 19.8. The SMILES string of the molecule is O=P(OCC(F)(F)F)(OC(F)(F)C(F)(F)F)OC(F)(F)C(F)(F)F. The first kappa shape index (κ1) is 23.2. The van der Waals surface area contributed by atoms with Crippen LogP contribution >= 0.6 is 7.82 Å². The van der Waals surface area contributed by atoms with Gasteiger partial charge in [0.1, 0.15) is 0 Å². The van der Waals surface area contributed by atoms with Gasteiger partial charge in [-0.2, -0.15) is 57.1 Å². The predicted octanol–water partition coefficient (Wildman–Crippen LogP) is 5.02. The molecule has 0 saturated carbocycles. The lowest BCUT2D eigenvalue weighted by Crippen LogP contribution is -2.42. The molecule has 0 atom stereocenters. The van der Waals surface area contributed by atoms with Crippen LogP contribution in [-0.4, -0.2) is 37.4 Å². The Hall–Kier alpha value is -0.800. The normalized spacial score (nSPS) is 15.7. The van der Waals surface area contributed by atoms with Crippen molar-refractivity contribution in [2.45, 2.75) is 30.7 Å². The van der Waals surface area contributed by atoms with E-state index in [4.69, 9.17) is 0 Å². The largest absolute Gasteiger partial charge is 0.485 e. The highest BCUT2D eigenvalue weighted by molar-refractivity contribution is 7.48. The Balaban J connectivity index is 5.66. The van der Waals surface area contributed by atoms with Gasteiger partial charge in [0.15, 0.2) is 6.61 Å². The lowest BCUT2D eigenvalue weighted by molar-refractivity contribution is -0.387. The topological polar surface area (TPSA) is 44.8 Å². The second kappa shape index (κ2) is 6.49. The maximum absolute atomic E-state index is 12.4. The molecule has 0 N–H and O–H groups in total. The minimum atomic E-state index is -7.41. The number of phosphoric ester groups is 1. The summed E-state index contributed by atoms with van der Waals surface area (Å²) >= 11 is 0. The Labute approximate surface area is 122 Å². The van der Waals surface area contributed by atoms with Crippen molar-refractivity contribution >= 4 is 7.82 Å². The number of phosphoric acid groups is 1. The average molecular weight is 416 g/mol. The third-order valence-corrected chi connectivity index (χ3v) is 2.85. The zero-order valence-corrected chi connectivity index (χ0v) is 11.1. The van der Waals surface area contributed by atoms with Crippen molar-refractivity contribution in [1.29, 1.82) is 0 Å². The van der Waals surface area contributed by atoms with E-state index in [0.717, 1.165) is 0 Å². The van der Waals surface area contributed by atoms with Gasteiger partial charge in [-0.25, -0.2) is 13.6 Å². The van der Waals surface area contributed by atoms with E-state index in [9.17, 15) is 61.6 Å². The summed E-state index contributed by atoms with van der Waals surface area (Å²) in [4.78, 5) is 0. The molecule has 0 amide bonds. The second-order valence-corrected chi connectivity index (χ2v) is 5.07. The Morgan fingerprint density at radius 3 is 1.12 bits per heavy atom. The van der Waals surface area contributed by atoms with Gasteiger partial charge >= 0.3 is 38.6 Å². The van der Waals surface area contributed by atoms with Crippen molar-refractivity contribution in [2.24, 2.45) is 0 Å². The van der Waals surface area contributed by atoms with Gasteiger partial charge < -0.3 is 0 Å². The zero-order valence-electron chi connectivity index (χ0n) is 10.2. The number of hydrogen-bond donors (Lipinski definition) is 0. The van der Waals surface area contributed by atoms with E-state index in [1.807, 2.05) is 0 Å². The molecular weight excluding hydrogens is 414 g/mol. The molecule has 0 fully saturated rings. The van der Waals surface area contributed by atoms with Gasteiger partial charge in [-0.15, -0.1) is 0 Å². The molecule has 146 valence electrons. The molecule has 18 heteroatoms. The molecule has 0 rings (SSSR count). The van der Waals surface area contributed by atoms with Crippen LogP contribution in [0.15, 0.2) is 0 Å². The predicted molar refractivity (Wildman–Crippen MR) is 43.8 cm³/mol. The number of alkyl halides is 13. The molecule has 0 heterocycles. The fourth-order valence-corrected chi connectivity index (χ4v) is 1.82. The average Bonchev–Trinajstić information content (AvgIpc) is 2.20. The highest BCUT2D eigenvalue weighted by Gasteiger charge is 2.68. The van der Waals surface area contributed by atoms with Crippen molar-refractivity contribution in [3.05, 3.63) is 0 Å². The van der Waals surface area contributed by atoms with Crippen LogP contribution in [0.25, 0.3) is 0 Å². The fraction of sp³-hybridized carbons (Fsp3) is 1.00. The van der Waals surface area contributed by atoms with Crippen molar-refractivity contribution < 1.29 is 75.2 Å². The van der Waals surface area contributed by atoms with Crippen LogP contribution in [0.5, 0.6) is 0 Å². The molecule has 0 aliphatic heterocycles. The summed E-state index contributed by atoms with van der Waals surface area (Å²) in [6.45, 7) is -3.11. The highest BCUT2D eigenvalue weighted by atomic mass is 31.2. The van der Waals surface area contributed by atoms with Crippen LogP contribution in [0, 0.1) is 0 Å². The van der Waals surface area contributed by atoms with Crippen LogP contribution in [-0.2, 0) is 18.1 Å². The van der Waals surface area contributed by atoms with Gasteiger partial charge in [0.25, 0.3) is 0 Å². The molecule has 0 aromatic rings. The van der Waals surface area contributed by atoms with Crippen LogP contribution in [0.1, 0.15) is 0 Å². The standard InChI is InChI=1S/C6H2F13O4P/c7-2(8,9)1-21-24(20,22-5(16,17)3(10,11)12)23-6(18,19)4(13,14)15/h1H2. The lowest BCUT2D eigenvalue weighted by atomic mass is 10.6. The molecule has 0 bridgehead atoms. The quantitative estimate of drug-likeness (QED) is 0.451. The van der Waals surface area contributed by atoms with E-state index in [2.05, 4.69) is 13.6 Å². The van der Waals surface area contributed by atoms with E-state index in [0.29, 0.717) is 0 Å². The minimum absolute atomic E-state index is 2.09. The van der Waals surface area contributed by atoms with Crippen LogP contribution in [0.3, 0.4) is 0 Å². The maximum Gasteiger partial charge on any atom is 0.485 e. The molecular formula is C6H2F13O4P. The number of hydrogen-bond acceptors (Lipinski definition) is 4. The summed E-state index contributed by atoms with van der Waals surface area (Å²) < 4.78 is 173. The van der Waals surface area contributed by atoms with Crippen LogP contribution < -0.4 is 0 Å². The summed E-state index contributed by atoms with van der Waals surface area (Å²) in [5.41, 5.74) is 0. The summed E-state index contributed by atoms with van der Waals surface area (Å²) in [7, 11) is -7.41. The van der Waals surface area contributed by atoms with Gasteiger partial charge in [0.2, 0.25) is 0 Å². The molecule has 0 radical (unpaired) electrons. The Morgan fingerprint density at radius 2 is 0.917 bits per heavy atom. The van der Waals surface area contributed by atoms with Gasteiger partial charge in [0.05, 0.1) is 0 Å². The minimum Gasteiger partial charge on any atom is -0.277 e. The molecule has 0 aromatic heterocycles. The Bertz CT molecular complexity index is 444. The molecule has 0 saturated heterocycles. The molecule has 4 nitrogen and oxygen atoms in total. The third-order valence-electron chi connectivity index (χ3n) is 1.50. The van der Waals surface area contributed by atoms with Gasteiger partial charge in [-0.1, -0.05) is 0 Å². The van der Waals surface area contributed by atoms with Gasteiger partial charge in [0, 0.05) is 0 Å². The highest BCUT2D eigenvalue weighted by Crippen LogP contribution is 2.61. The first-order valence-electron chi connectivity index (χ1n) is 4.74. The molecule has 24 heavy (non-hydrogen) atoms. The van der Waals surface area contributed by atoms with E-state index in [1.165, 1.54) is 0 Å². The van der Waals surface area contributed by atoms with Gasteiger partial charge in [-0.05, 0) is 0 Å². The Kier molecular flexibility index (Phi) is 6.28. The van der Waals surface area contributed by atoms with Crippen molar-refractivity contribution in [2.75, 3.05) is 6.61 Å². The second-order valence-electron chi connectivity index (χ2n) is 3.55. The van der Waals surface area contributed by atoms with E-state index in [-0.39, 0.29) is 0 Å². The van der Waals surface area contributed by atoms with Crippen molar-refractivity contribution in [1.82, 2.24) is 0 Å². The molecule has 0 aliphatic carbocycles. The monoisotopic (exact) mass is 416 g/mol. The van der Waals surface area contributed by atoms with Crippen molar-refractivity contribution in [3.8, 4) is 0 Å². The molecule has 0 aliphatic rings. The van der Waals surface area contributed by atoms with Crippen molar-refractivity contribution in [3.63, 3.8) is 0 Å². The summed E-state index contributed by atoms with van der Waals surface area (Å²) in [6.07, 6.45) is -32.9. The fourth-order valence-electron chi connectivity index (χ4n) is 0.608. The van der Waals surface area contributed by atoms with Gasteiger partial charge in [-0.3, -0.25) is 4.52 Å². The summed E-state index contributed by atoms with van der Waals surface area (Å²) in [5, 5.41) is 0.